The summed E-state index contributed by atoms with van der Waals surface area (Å²) in [7, 11) is 1.64. The highest BCUT2D eigenvalue weighted by atomic mass is 35.5. The minimum atomic E-state index is -0.233. The van der Waals surface area contributed by atoms with Crippen molar-refractivity contribution in [1.29, 1.82) is 0 Å². The highest BCUT2D eigenvalue weighted by Crippen LogP contribution is 2.13. The van der Waals surface area contributed by atoms with E-state index in [9.17, 15) is 4.79 Å². The lowest BCUT2D eigenvalue weighted by Gasteiger charge is -2.08. The van der Waals surface area contributed by atoms with Gasteiger partial charge in [0, 0.05) is 24.2 Å². The van der Waals surface area contributed by atoms with Gasteiger partial charge in [0.1, 0.15) is 23.6 Å². The van der Waals surface area contributed by atoms with Gasteiger partial charge in [-0.15, -0.1) is 0 Å². The number of halogens is 1. The van der Waals surface area contributed by atoms with E-state index in [0.717, 1.165) is 23.3 Å². The number of aromatic nitrogens is 2. The first kappa shape index (κ1) is 19.6. The molecule has 0 radical (unpaired) electrons. The maximum absolute atomic E-state index is 12.3. The van der Waals surface area contributed by atoms with Crippen molar-refractivity contribution < 1.29 is 9.53 Å². The average molecular weight is 397 g/mol. The van der Waals surface area contributed by atoms with Crippen LogP contribution in [0.5, 0.6) is 5.75 Å². The van der Waals surface area contributed by atoms with Crippen molar-refractivity contribution in [2.75, 3.05) is 19.0 Å². The van der Waals surface area contributed by atoms with Crippen molar-refractivity contribution in [2.24, 2.45) is 0 Å². The van der Waals surface area contributed by atoms with Crippen LogP contribution in [-0.4, -0.2) is 29.5 Å². The fraction of sp³-hybridized carbons (Fsp3) is 0.190. The summed E-state index contributed by atoms with van der Waals surface area (Å²) in [5.74, 6) is 1.17. The number of amides is 1. The molecule has 0 saturated carbocycles. The first-order valence-electron chi connectivity index (χ1n) is 8.85. The molecule has 7 heteroatoms. The van der Waals surface area contributed by atoms with Crippen molar-refractivity contribution in [3.63, 3.8) is 0 Å². The standard InChI is InChI=1S/C21H21ClN4O2/c1-28-18-8-4-16(5-9-18)13-24-20-12-19(25-14-26-20)21(27)23-11-10-15-2-6-17(22)7-3-15/h2-9,12,14H,10-11,13H2,1H3,(H,23,27)(H,24,25,26). The Morgan fingerprint density at radius 2 is 1.75 bits per heavy atom. The van der Waals surface area contributed by atoms with E-state index in [1.54, 1.807) is 13.2 Å². The van der Waals surface area contributed by atoms with Crippen LogP contribution in [0.2, 0.25) is 5.02 Å². The molecule has 2 aromatic carbocycles. The Labute approximate surface area is 168 Å². The van der Waals surface area contributed by atoms with Gasteiger partial charge in [-0.05, 0) is 41.8 Å². The summed E-state index contributed by atoms with van der Waals surface area (Å²) in [5, 5.41) is 6.77. The second-order valence-electron chi connectivity index (χ2n) is 6.12. The second kappa shape index (κ2) is 9.71. The van der Waals surface area contributed by atoms with Gasteiger partial charge < -0.3 is 15.4 Å². The first-order chi connectivity index (χ1) is 13.6. The molecule has 2 N–H and O–H groups in total. The average Bonchev–Trinajstić information content (AvgIpc) is 2.74. The van der Waals surface area contributed by atoms with Crippen LogP contribution in [0.3, 0.4) is 0 Å². The van der Waals surface area contributed by atoms with E-state index >= 15 is 0 Å². The third kappa shape index (κ3) is 5.69. The molecule has 6 nitrogen and oxygen atoms in total. The fourth-order valence-corrected chi connectivity index (χ4v) is 2.70. The molecule has 0 bridgehead atoms. The molecule has 0 atom stereocenters. The molecular weight excluding hydrogens is 376 g/mol. The predicted octanol–water partition coefficient (Wildman–Crippen LogP) is 3.72. The predicted molar refractivity (Wildman–Crippen MR) is 110 cm³/mol. The molecule has 144 valence electrons. The molecule has 0 aliphatic carbocycles. The van der Waals surface area contributed by atoms with Crippen LogP contribution in [-0.2, 0) is 13.0 Å². The van der Waals surface area contributed by atoms with Crippen molar-refractivity contribution in [2.45, 2.75) is 13.0 Å². The Morgan fingerprint density at radius 1 is 1.04 bits per heavy atom. The summed E-state index contributed by atoms with van der Waals surface area (Å²) in [5.41, 5.74) is 2.51. The molecule has 0 spiro atoms. The van der Waals surface area contributed by atoms with Crippen LogP contribution in [0.15, 0.2) is 60.9 Å². The van der Waals surface area contributed by atoms with E-state index in [2.05, 4.69) is 20.6 Å². The molecule has 28 heavy (non-hydrogen) atoms. The molecule has 1 heterocycles. The fourth-order valence-electron chi connectivity index (χ4n) is 2.58. The number of rotatable bonds is 8. The molecule has 0 fully saturated rings. The molecule has 0 aliphatic rings. The first-order valence-corrected chi connectivity index (χ1v) is 9.23. The Kier molecular flexibility index (Phi) is 6.81. The molecule has 1 amide bonds. The van der Waals surface area contributed by atoms with Crippen LogP contribution in [0.4, 0.5) is 5.82 Å². The summed E-state index contributed by atoms with van der Waals surface area (Å²) in [4.78, 5) is 20.5. The molecule has 0 saturated heterocycles. The number of methoxy groups -OCH3 is 1. The van der Waals surface area contributed by atoms with Crippen LogP contribution >= 0.6 is 11.6 Å². The lowest BCUT2D eigenvalue weighted by molar-refractivity contribution is 0.0949. The Morgan fingerprint density at radius 3 is 2.46 bits per heavy atom. The number of hydrogen-bond acceptors (Lipinski definition) is 5. The smallest absolute Gasteiger partial charge is 0.270 e. The van der Waals surface area contributed by atoms with Gasteiger partial charge in [0.25, 0.3) is 5.91 Å². The molecule has 3 rings (SSSR count). The Bertz CT molecular complexity index is 914. The normalized spacial score (nSPS) is 10.4. The lowest BCUT2D eigenvalue weighted by atomic mass is 10.1. The quantitative estimate of drug-likeness (QED) is 0.606. The third-order valence-electron chi connectivity index (χ3n) is 4.14. The molecule has 0 aliphatic heterocycles. The SMILES string of the molecule is COc1ccc(CNc2cc(C(=O)NCCc3ccc(Cl)cc3)ncn2)cc1. The van der Waals surface area contributed by atoms with Gasteiger partial charge in [0.2, 0.25) is 0 Å². The van der Waals surface area contributed by atoms with E-state index in [1.165, 1.54) is 6.33 Å². The lowest BCUT2D eigenvalue weighted by Crippen LogP contribution is -2.26. The second-order valence-corrected chi connectivity index (χ2v) is 6.56. The molecule has 3 aromatic rings. The number of anilines is 1. The summed E-state index contributed by atoms with van der Waals surface area (Å²) in [6.07, 6.45) is 2.10. The van der Waals surface area contributed by atoms with Gasteiger partial charge in [-0.3, -0.25) is 4.79 Å². The number of nitrogens with one attached hydrogen (secondary N) is 2. The zero-order valence-electron chi connectivity index (χ0n) is 15.5. The number of carbonyl (C=O) groups excluding carboxylic acids is 1. The monoisotopic (exact) mass is 396 g/mol. The van der Waals surface area contributed by atoms with Crippen molar-refractivity contribution in [3.05, 3.63) is 82.8 Å². The topological polar surface area (TPSA) is 76.1 Å². The number of nitrogens with zero attached hydrogens (tertiary/aromatic N) is 2. The van der Waals surface area contributed by atoms with Crippen LogP contribution in [0.25, 0.3) is 0 Å². The highest BCUT2D eigenvalue weighted by molar-refractivity contribution is 6.30. The van der Waals surface area contributed by atoms with Crippen molar-refractivity contribution in [3.8, 4) is 5.75 Å². The molecule has 0 unspecified atom stereocenters. The van der Waals surface area contributed by atoms with E-state index in [4.69, 9.17) is 16.3 Å². The maximum Gasteiger partial charge on any atom is 0.270 e. The van der Waals surface area contributed by atoms with Gasteiger partial charge in [-0.1, -0.05) is 35.9 Å². The summed E-state index contributed by atoms with van der Waals surface area (Å²) >= 11 is 5.87. The number of carbonyl (C=O) groups is 1. The highest BCUT2D eigenvalue weighted by Gasteiger charge is 2.08. The van der Waals surface area contributed by atoms with E-state index in [-0.39, 0.29) is 5.91 Å². The van der Waals surface area contributed by atoms with E-state index < -0.39 is 0 Å². The summed E-state index contributed by atoms with van der Waals surface area (Å²) < 4.78 is 5.15. The largest absolute Gasteiger partial charge is 0.497 e. The van der Waals surface area contributed by atoms with E-state index in [0.29, 0.717) is 29.6 Å². The number of hydrogen-bond donors (Lipinski definition) is 2. The zero-order chi connectivity index (χ0) is 19.8. The maximum atomic E-state index is 12.3. The minimum absolute atomic E-state index is 0.233. The minimum Gasteiger partial charge on any atom is -0.497 e. The van der Waals surface area contributed by atoms with Gasteiger partial charge in [-0.25, -0.2) is 9.97 Å². The molecular formula is C21H21ClN4O2. The summed E-state index contributed by atoms with van der Waals surface area (Å²) in [6.45, 7) is 1.09. The number of ether oxygens (including phenoxy) is 1. The third-order valence-corrected chi connectivity index (χ3v) is 4.40. The van der Waals surface area contributed by atoms with Crippen LogP contribution < -0.4 is 15.4 Å². The Balaban J connectivity index is 1.51. The van der Waals surface area contributed by atoms with Crippen LogP contribution in [0.1, 0.15) is 21.6 Å². The Hall–Kier alpha value is -3.12. The van der Waals surface area contributed by atoms with Crippen molar-refractivity contribution in [1.82, 2.24) is 15.3 Å². The van der Waals surface area contributed by atoms with E-state index in [1.807, 2.05) is 48.5 Å². The summed E-state index contributed by atoms with van der Waals surface area (Å²) in [6, 6.07) is 16.9. The van der Waals surface area contributed by atoms with Gasteiger partial charge >= 0.3 is 0 Å². The van der Waals surface area contributed by atoms with Crippen LogP contribution in [0, 0.1) is 0 Å². The zero-order valence-corrected chi connectivity index (χ0v) is 16.2. The van der Waals surface area contributed by atoms with Gasteiger partial charge in [0.05, 0.1) is 7.11 Å². The van der Waals surface area contributed by atoms with Crippen molar-refractivity contribution >= 4 is 23.3 Å². The number of benzene rings is 2. The molecule has 1 aromatic heterocycles. The van der Waals surface area contributed by atoms with Gasteiger partial charge in [-0.2, -0.15) is 0 Å². The van der Waals surface area contributed by atoms with Gasteiger partial charge in [0.15, 0.2) is 0 Å².